The van der Waals surface area contributed by atoms with Crippen LogP contribution in [-0.4, -0.2) is 71.3 Å². The van der Waals surface area contributed by atoms with Gasteiger partial charge in [0.1, 0.15) is 5.82 Å². The Morgan fingerprint density at radius 3 is 2.54 bits per heavy atom. The van der Waals surface area contributed by atoms with Gasteiger partial charge in [0.05, 0.1) is 12.8 Å². The average molecular weight is 483 g/mol. The first kappa shape index (κ1) is 22.5. The minimum Gasteiger partial charge on any atom is -0.450 e. The van der Waals surface area contributed by atoms with Gasteiger partial charge in [-0.3, -0.25) is 4.79 Å². The second-order valence-electron chi connectivity index (χ2n) is 10.4. The van der Waals surface area contributed by atoms with Gasteiger partial charge in [0.25, 0.3) is 5.91 Å². The molecule has 2 unspecified atom stereocenters. The standard InChI is InChI=1S/C26H31FN4O4/c1-2-34-25(33)31-18-4-5-19(31)15-20(14-18)29-11-8-26(9-12-29)16-30(24(32)23-7-10-28-35-23)22-6-3-17(27)13-21(22)26/h3,6-7,10,13,18-20H,2,4-5,8-9,11-12,14-16H2,1H3. The molecule has 1 aromatic carbocycles. The van der Waals surface area contributed by atoms with Crippen LogP contribution in [0.4, 0.5) is 14.9 Å². The van der Waals surface area contributed by atoms with E-state index in [1.165, 1.54) is 12.3 Å². The highest BCUT2D eigenvalue weighted by Crippen LogP contribution is 2.49. The molecule has 8 nitrogen and oxygen atoms in total. The van der Waals surface area contributed by atoms with E-state index in [0.29, 0.717) is 19.2 Å². The van der Waals surface area contributed by atoms with E-state index in [1.54, 1.807) is 23.1 Å². The van der Waals surface area contributed by atoms with Gasteiger partial charge in [-0.15, -0.1) is 0 Å². The van der Waals surface area contributed by atoms with Crippen LogP contribution in [0, 0.1) is 5.82 Å². The quantitative estimate of drug-likeness (QED) is 0.659. The summed E-state index contributed by atoms with van der Waals surface area (Å²) >= 11 is 0. The Kier molecular flexibility index (Phi) is 5.55. The number of hydrogen-bond acceptors (Lipinski definition) is 6. The van der Waals surface area contributed by atoms with Crippen molar-refractivity contribution in [1.82, 2.24) is 15.0 Å². The fourth-order valence-electron chi connectivity index (χ4n) is 6.97. The van der Waals surface area contributed by atoms with Gasteiger partial charge in [-0.1, -0.05) is 5.16 Å². The summed E-state index contributed by atoms with van der Waals surface area (Å²) in [5, 5.41) is 3.67. The molecule has 1 aromatic heterocycles. The van der Waals surface area contributed by atoms with Crippen LogP contribution in [0.25, 0.3) is 0 Å². The maximum Gasteiger partial charge on any atom is 0.410 e. The summed E-state index contributed by atoms with van der Waals surface area (Å²) in [7, 11) is 0. The molecule has 3 saturated heterocycles. The molecule has 2 aromatic rings. The number of hydrogen-bond donors (Lipinski definition) is 0. The topological polar surface area (TPSA) is 79.1 Å². The summed E-state index contributed by atoms with van der Waals surface area (Å²) in [5.74, 6) is -0.321. The van der Waals surface area contributed by atoms with Crippen LogP contribution < -0.4 is 4.90 Å². The largest absolute Gasteiger partial charge is 0.450 e. The molecule has 3 fully saturated rings. The Bertz CT molecular complexity index is 1100. The fourth-order valence-corrected chi connectivity index (χ4v) is 6.97. The number of piperidine rings is 2. The van der Waals surface area contributed by atoms with E-state index >= 15 is 0 Å². The van der Waals surface area contributed by atoms with Crippen molar-refractivity contribution in [3.05, 3.63) is 47.6 Å². The van der Waals surface area contributed by atoms with E-state index in [1.807, 2.05) is 11.8 Å². The Balaban J connectivity index is 1.18. The molecule has 0 saturated carbocycles. The molecule has 0 radical (unpaired) electrons. The average Bonchev–Trinajstić information content (AvgIpc) is 3.56. The number of carbonyl (C=O) groups excluding carboxylic acids is 2. The lowest BCUT2D eigenvalue weighted by Crippen LogP contribution is -2.55. The van der Waals surface area contributed by atoms with E-state index in [2.05, 4.69) is 10.1 Å². The predicted molar refractivity (Wildman–Crippen MR) is 126 cm³/mol. The van der Waals surface area contributed by atoms with Crippen molar-refractivity contribution >= 4 is 17.7 Å². The maximum absolute atomic E-state index is 14.3. The van der Waals surface area contributed by atoms with E-state index in [0.717, 1.165) is 62.9 Å². The number of rotatable bonds is 3. The zero-order valence-corrected chi connectivity index (χ0v) is 20.0. The summed E-state index contributed by atoms with van der Waals surface area (Å²) < 4.78 is 24.8. The Hall–Kier alpha value is -2.94. The smallest absolute Gasteiger partial charge is 0.410 e. The lowest BCUT2D eigenvalue weighted by Gasteiger charge is -2.47. The molecular formula is C26H31FN4O4. The molecule has 4 aliphatic rings. The first-order chi connectivity index (χ1) is 17.0. The summed E-state index contributed by atoms with van der Waals surface area (Å²) in [5.41, 5.74) is 1.41. The Morgan fingerprint density at radius 2 is 1.89 bits per heavy atom. The zero-order chi connectivity index (χ0) is 24.2. The van der Waals surface area contributed by atoms with Gasteiger partial charge in [-0.2, -0.15) is 0 Å². The predicted octanol–water partition coefficient (Wildman–Crippen LogP) is 3.96. The number of likely N-dealkylation sites (tertiary alicyclic amines) is 1. The van der Waals surface area contributed by atoms with E-state index < -0.39 is 0 Å². The number of amides is 2. The molecular weight excluding hydrogens is 451 g/mol. The number of ether oxygens (including phenoxy) is 1. The maximum atomic E-state index is 14.3. The second kappa shape index (κ2) is 8.62. The highest BCUT2D eigenvalue weighted by atomic mass is 19.1. The monoisotopic (exact) mass is 482 g/mol. The number of carbonyl (C=O) groups is 2. The summed E-state index contributed by atoms with van der Waals surface area (Å²) in [4.78, 5) is 31.9. The second-order valence-corrected chi connectivity index (χ2v) is 10.4. The molecule has 4 aliphatic heterocycles. The van der Waals surface area contributed by atoms with Crippen molar-refractivity contribution in [2.24, 2.45) is 0 Å². The summed E-state index contributed by atoms with van der Waals surface area (Å²) in [6.45, 7) is 4.56. The number of fused-ring (bicyclic) bond motifs is 4. The van der Waals surface area contributed by atoms with Gasteiger partial charge in [-0.05, 0) is 82.3 Å². The van der Waals surface area contributed by atoms with Crippen LogP contribution >= 0.6 is 0 Å². The molecule has 35 heavy (non-hydrogen) atoms. The molecule has 0 aliphatic carbocycles. The number of aromatic nitrogens is 1. The first-order valence-electron chi connectivity index (χ1n) is 12.7. The van der Waals surface area contributed by atoms with Crippen LogP contribution in [0.15, 0.2) is 35.0 Å². The van der Waals surface area contributed by atoms with Gasteiger partial charge >= 0.3 is 6.09 Å². The first-order valence-corrected chi connectivity index (χ1v) is 12.7. The fraction of sp³-hybridized carbons (Fsp3) is 0.577. The van der Waals surface area contributed by atoms with Gasteiger partial charge < -0.3 is 24.0 Å². The third-order valence-corrected chi connectivity index (χ3v) is 8.63. The van der Waals surface area contributed by atoms with E-state index in [9.17, 15) is 14.0 Å². The number of nitrogens with zero attached hydrogens (tertiary/aromatic N) is 4. The van der Waals surface area contributed by atoms with Gasteiger partial charge in [-0.25, -0.2) is 9.18 Å². The van der Waals surface area contributed by atoms with Gasteiger partial charge in [0, 0.05) is 41.8 Å². The normalized spacial score (nSPS) is 27.3. The Morgan fingerprint density at radius 1 is 1.14 bits per heavy atom. The molecule has 2 bridgehead atoms. The van der Waals surface area contributed by atoms with Gasteiger partial charge in [0.15, 0.2) is 0 Å². The van der Waals surface area contributed by atoms with Crippen LogP contribution in [-0.2, 0) is 10.2 Å². The van der Waals surface area contributed by atoms with E-state index in [4.69, 9.17) is 9.26 Å². The molecule has 6 rings (SSSR count). The van der Waals surface area contributed by atoms with Crippen LogP contribution in [0.1, 0.15) is 61.6 Å². The summed E-state index contributed by atoms with van der Waals surface area (Å²) in [6, 6.07) is 7.25. The third kappa shape index (κ3) is 3.71. The van der Waals surface area contributed by atoms with Crippen LogP contribution in [0.2, 0.25) is 0 Å². The highest BCUT2D eigenvalue weighted by molar-refractivity contribution is 6.06. The number of benzene rings is 1. The molecule has 5 heterocycles. The number of anilines is 1. The molecule has 186 valence electrons. The molecule has 1 spiro atoms. The Labute approximate surface area is 204 Å². The third-order valence-electron chi connectivity index (χ3n) is 8.63. The van der Waals surface area contributed by atoms with E-state index in [-0.39, 0.29) is 41.1 Å². The molecule has 2 atom stereocenters. The van der Waals surface area contributed by atoms with Crippen LogP contribution in [0.5, 0.6) is 0 Å². The minimum absolute atomic E-state index is 0.169. The van der Waals surface area contributed by atoms with Crippen molar-refractivity contribution in [3.63, 3.8) is 0 Å². The summed E-state index contributed by atoms with van der Waals surface area (Å²) in [6.07, 6.45) is 7.05. The zero-order valence-electron chi connectivity index (χ0n) is 20.0. The SMILES string of the molecule is CCOC(=O)N1C2CCC1CC(N1CCC3(CC1)CN(C(=O)c1ccno1)c1ccc(F)cc13)C2. The van der Waals surface area contributed by atoms with Crippen molar-refractivity contribution in [2.45, 2.75) is 69.0 Å². The molecule has 2 amide bonds. The molecule has 0 N–H and O–H groups in total. The lowest BCUT2D eigenvalue weighted by molar-refractivity contribution is 0.0281. The van der Waals surface area contributed by atoms with Crippen molar-refractivity contribution in [1.29, 1.82) is 0 Å². The number of halogens is 1. The van der Waals surface area contributed by atoms with Crippen molar-refractivity contribution in [2.75, 3.05) is 31.1 Å². The van der Waals surface area contributed by atoms with Gasteiger partial charge in [0.2, 0.25) is 5.76 Å². The van der Waals surface area contributed by atoms with Crippen LogP contribution in [0.3, 0.4) is 0 Å². The minimum atomic E-state index is -0.276. The highest BCUT2D eigenvalue weighted by Gasteiger charge is 2.50. The lowest BCUT2D eigenvalue weighted by atomic mass is 9.73. The van der Waals surface area contributed by atoms with Crippen molar-refractivity contribution < 1.29 is 23.2 Å². The van der Waals surface area contributed by atoms with Crippen molar-refractivity contribution in [3.8, 4) is 0 Å². The molecule has 9 heteroatoms.